The molecule has 0 bridgehead atoms. The van der Waals surface area contributed by atoms with Gasteiger partial charge in [0.1, 0.15) is 24.4 Å². The number of azide groups is 1. The number of fused-ring (bicyclic) bond motifs is 1. The fourth-order valence-electron chi connectivity index (χ4n) is 6.64. The van der Waals surface area contributed by atoms with Gasteiger partial charge in [-0.3, -0.25) is 0 Å². The second kappa shape index (κ2) is 21.6. The highest BCUT2D eigenvalue weighted by Crippen LogP contribution is 2.37. The number of allylic oxidation sites excluding steroid dienone is 1. The highest BCUT2D eigenvalue weighted by Gasteiger charge is 2.54. The van der Waals surface area contributed by atoms with E-state index >= 15 is 0 Å². The van der Waals surface area contributed by atoms with E-state index in [1.165, 1.54) is 0 Å². The molecule has 0 aromatic heterocycles. The summed E-state index contributed by atoms with van der Waals surface area (Å²) in [6, 6.07) is 33.3. The minimum Gasteiger partial charge on any atom is -0.454 e. The van der Waals surface area contributed by atoms with Gasteiger partial charge in [-0.2, -0.15) is 0 Å². The molecule has 8 atom stereocenters. The van der Waals surface area contributed by atoms with Crippen LogP contribution in [0.1, 0.15) is 82.0 Å². The van der Waals surface area contributed by atoms with Crippen molar-refractivity contribution in [3.05, 3.63) is 166 Å². The molecule has 58 heavy (non-hydrogen) atoms. The van der Waals surface area contributed by atoms with E-state index in [-0.39, 0.29) is 24.3 Å². The number of hydrogen-bond acceptors (Lipinski definition) is 11. The zero-order chi connectivity index (χ0) is 40.5. The summed E-state index contributed by atoms with van der Waals surface area (Å²) in [6.07, 6.45) is 0.635. The fourth-order valence-corrected chi connectivity index (χ4v) is 6.64. The molecule has 2 aliphatic heterocycles. The third-order valence-electron chi connectivity index (χ3n) is 9.67. The van der Waals surface area contributed by atoms with Crippen molar-refractivity contribution < 1.29 is 47.5 Å². The van der Waals surface area contributed by atoms with Gasteiger partial charge in [0.2, 0.25) is 0 Å². The molecule has 2 aliphatic rings. The average molecular weight is 790 g/mol. The molecule has 0 aliphatic carbocycles. The monoisotopic (exact) mass is 789 g/mol. The molecule has 0 N–H and O–H groups in total. The van der Waals surface area contributed by atoms with Gasteiger partial charge in [-0.1, -0.05) is 122 Å². The SMILES string of the molecule is CCCCCCC=C[C@@H](OC(=O)c1ccccc1)[C@H](CO[C@H]1O[C@@H]2COC(c3ccccc3)O[C@@H]2[C@H](OC(=O)c2ccccc2)[C@H]1OC(=O)c1ccccc1)N=[N+]=[N-]. The van der Waals surface area contributed by atoms with Gasteiger partial charge in [0, 0.05) is 10.5 Å². The number of nitrogens with zero attached hydrogens (tertiary/aromatic N) is 3. The molecule has 0 radical (unpaired) electrons. The Morgan fingerprint density at radius 2 is 1.33 bits per heavy atom. The summed E-state index contributed by atoms with van der Waals surface area (Å²) >= 11 is 0. The second-order valence-corrected chi connectivity index (χ2v) is 13.8. The van der Waals surface area contributed by atoms with Crippen molar-refractivity contribution in [2.75, 3.05) is 13.2 Å². The molecule has 302 valence electrons. The van der Waals surface area contributed by atoms with Gasteiger partial charge in [0.15, 0.2) is 24.8 Å². The van der Waals surface area contributed by atoms with Gasteiger partial charge in [0.05, 0.1) is 29.9 Å². The Morgan fingerprint density at radius 1 is 0.759 bits per heavy atom. The second-order valence-electron chi connectivity index (χ2n) is 13.8. The molecular weight excluding hydrogens is 743 g/mol. The first-order valence-electron chi connectivity index (χ1n) is 19.5. The van der Waals surface area contributed by atoms with E-state index in [0.717, 1.165) is 31.2 Å². The first-order valence-corrected chi connectivity index (χ1v) is 19.5. The maximum absolute atomic E-state index is 13.8. The van der Waals surface area contributed by atoms with Crippen LogP contribution in [0.2, 0.25) is 0 Å². The molecule has 2 saturated heterocycles. The third-order valence-corrected chi connectivity index (χ3v) is 9.67. The summed E-state index contributed by atoms with van der Waals surface area (Å²) in [7, 11) is 0. The number of carbonyl (C=O) groups is 3. The van der Waals surface area contributed by atoms with Gasteiger partial charge in [-0.15, -0.1) is 0 Å². The van der Waals surface area contributed by atoms with Gasteiger partial charge < -0.3 is 33.2 Å². The minimum absolute atomic E-state index is 0.000681. The van der Waals surface area contributed by atoms with E-state index < -0.39 is 67.0 Å². The molecule has 13 nitrogen and oxygen atoms in total. The Bertz CT molecular complexity index is 1980. The van der Waals surface area contributed by atoms with Crippen molar-refractivity contribution in [2.24, 2.45) is 5.11 Å². The van der Waals surface area contributed by atoms with Gasteiger partial charge in [0.25, 0.3) is 0 Å². The summed E-state index contributed by atoms with van der Waals surface area (Å²) < 4.78 is 43.6. The number of esters is 3. The fraction of sp³-hybridized carbons (Fsp3) is 0.356. The minimum atomic E-state index is -1.40. The van der Waals surface area contributed by atoms with Crippen molar-refractivity contribution in [1.82, 2.24) is 0 Å². The number of unbranched alkanes of at least 4 members (excludes halogenated alkanes) is 4. The zero-order valence-corrected chi connectivity index (χ0v) is 32.2. The van der Waals surface area contributed by atoms with Crippen LogP contribution in [0.4, 0.5) is 0 Å². The Labute approximate surface area is 337 Å². The van der Waals surface area contributed by atoms with Crippen LogP contribution in [0.15, 0.2) is 139 Å². The third kappa shape index (κ3) is 11.4. The van der Waals surface area contributed by atoms with Crippen LogP contribution in [-0.2, 0) is 33.2 Å². The number of rotatable bonds is 18. The number of carbonyl (C=O) groups excluding carboxylic acids is 3. The van der Waals surface area contributed by atoms with Crippen LogP contribution in [0, 0.1) is 0 Å². The van der Waals surface area contributed by atoms with E-state index in [2.05, 4.69) is 16.9 Å². The summed E-state index contributed by atoms with van der Waals surface area (Å²) in [6.45, 7) is 1.78. The van der Waals surface area contributed by atoms with E-state index in [1.807, 2.05) is 36.4 Å². The average Bonchev–Trinajstić information content (AvgIpc) is 3.27. The molecule has 2 fully saturated rings. The number of benzene rings is 4. The van der Waals surface area contributed by atoms with Crippen LogP contribution in [0.25, 0.3) is 10.4 Å². The zero-order valence-electron chi connectivity index (χ0n) is 32.2. The van der Waals surface area contributed by atoms with Crippen LogP contribution in [0.5, 0.6) is 0 Å². The topological polar surface area (TPSA) is 165 Å². The Kier molecular flexibility index (Phi) is 15.6. The molecule has 4 aromatic carbocycles. The van der Waals surface area contributed by atoms with E-state index in [0.29, 0.717) is 12.0 Å². The lowest BCUT2D eigenvalue weighted by atomic mass is 9.96. The van der Waals surface area contributed by atoms with Crippen molar-refractivity contribution in [2.45, 2.75) is 88.2 Å². The normalized spacial score (nSPS) is 22.4. The van der Waals surface area contributed by atoms with Crippen molar-refractivity contribution in [3.63, 3.8) is 0 Å². The van der Waals surface area contributed by atoms with Crippen molar-refractivity contribution in [1.29, 1.82) is 0 Å². The van der Waals surface area contributed by atoms with Crippen LogP contribution in [0.3, 0.4) is 0 Å². The van der Waals surface area contributed by atoms with Crippen LogP contribution >= 0.6 is 0 Å². The molecule has 1 unspecified atom stereocenters. The maximum Gasteiger partial charge on any atom is 0.338 e. The Hall–Kier alpha value is -5.82. The maximum atomic E-state index is 13.8. The highest BCUT2D eigenvalue weighted by molar-refractivity contribution is 5.90. The standard InChI is InChI=1S/C45H47N3O10/c1-2-3-4-5-6-19-28-36(54-41(49)31-20-11-7-12-21-31)35(47-48-46)29-52-45-40(57-43(51)33-24-15-9-16-25-33)39(56-42(50)32-22-13-8-14-23-32)38-37(55-45)30-53-44(58-38)34-26-17-10-18-27-34/h7-28,35-40,44-45H,2-6,29-30H2,1H3/t35-,36+,37+,38-,39-,40+,44?,45-/m0/s1. The smallest absolute Gasteiger partial charge is 0.338 e. The first-order chi connectivity index (χ1) is 28.4. The quantitative estimate of drug-likeness (QED) is 0.0181. The number of ether oxygens (including phenoxy) is 7. The number of hydrogen-bond donors (Lipinski definition) is 0. The molecule has 2 heterocycles. The lowest BCUT2D eigenvalue weighted by molar-refractivity contribution is -0.360. The van der Waals surface area contributed by atoms with Gasteiger partial charge in [-0.25, -0.2) is 14.4 Å². The molecule has 6 rings (SSSR count). The highest BCUT2D eigenvalue weighted by atomic mass is 16.8. The van der Waals surface area contributed by atoms with E-state index in [1.54, 1.807) is 97.1 Å². The summed E-state index contributed by atoms with van der Waals surface area (Å²) in [4.78, 5) is 43.9. The molecule has 0 saturated carbocycles. The predicted octanol–water partition coefficient (Wildman–Crippen LogP) is 8.72. The van der Waals surface area contributed by atoms with E-state index in [4.69, 9.17) is 33.2 Å². The molecule has 0 amide bonds. The summed E-state index contributed by atoms with van der Waals surface area (Å²) in [5, 5.41) is 3.98. The molecule has 0 spiro atoms. The lowest BCUT2D eigenvalue weighted by Gasteiger charge is -2.48. The predicted molar refractivity (Wildman–Crippen MR) is 212 cm³/mol. The van der Waals surface area contributed by atoms with Crippen molar-refractivity contribution in [3.8, 4) is 0 Å². The molecular formula is C45H47N3O10. The van der Waals surface area contributed by atoms with Crippen LogP contribution in [-0.4, -0.2) is 74.0 Å². The summed E-state index contributed by atoms with van der Waals surface area (Å²) in [5.41, 5.74) is 11.2. The Morgan fingerprint density at radius 3 is 1.91 bits per heavy atom. The Balaban J connectivity index is 1.31. The van der Waals surface area contributed by atoms with Gasteiger partial charge >= 0.3 is 17.9 Å². The summed E-state index contributed by atoms with van der Waals surface area (Å²) in [5.74, 6) is -2.05. The van der Waals surface area contributed by atoms with Crippen LogP contribution < -0.4 is 0 Å². The largest absolute Gasteiger partial charge is 0.454 e. The lowest BCUT2D eigenvalue weighted by Crippen LogP contribution is -2.64. The first kappa shape index (κ1) is 41.8. The van der Waals surface area contributed by atoms with E-state index in [9.17, 15) is 19.9 Å². The molecule has 4 aromatic rings. The van der Waals surface area contributed by atoms with Gasteiger partial charge in [-0.05, 0) is 60.8 Å². The molecule has 13 heteroatoms. The van der Waals surface area contributed by atoms with Crippen molar-refractivity contribution >= 4 is 17.9 Å².